The summed E-state index contributed by atoms with van der Waals surface area (Å²) in [6, 6.07) is 7.92. The number of aromatic nitrogens is 1. The van der Waals surface area contributed by atoms with Gasteiger partial charge in [-0.2, -0.15) is 0 Å². The van der Waals surface area contributed by atoms with Gasteiger partial charge in [0.1, 0.15) is 4.99 Å². The third kappa shape index (κ3) is 3.22. The molecule has 118 valence electrons. The van der Waals surface area contributed by atoms with Crippen molar-refractivity contribution in [1.29, 1.82) is 0 Å². The first-order chi connectivity index (χ1) is 10.2. The van der Waals surface area contributed by atoms with Crippen LogP contribution in [0.25, 0.3) is 10.9 Å². The summed E-state index contributed by atoms with van der Waals surface area (Å²) in [5.41, 5.74) is 12.8. The van der Waals surface area contributed by atoms with Crippen molar-refractivity contribution >= 4 is 34.2 Å². The van der Waals surface area contributed by atoms with E-state index in [1.165, 1.54) is 0 Å². The Morgan fingerprint density at radius 2 is 1.91 bits per heavy atom. The van der Waals surface area contributed by atoms with Gasteiger partial charge in [-0.1, -0.05) is 51.2 Å². The van der Waals surface area contributed by atoms with E-state index in [9.17, 15) is 4.79 Å². The van der Waals surface area contributed by atoms with Crippen LogP contribution >= 0.6 is 12.2 Å². The molecule has 1 heterocycles. The van der Waals surface area contributed by atoms with E-state index in [2.05, 4.69) is 25.8 Å². The van der Waals surface area contributed by atoms with E-state index >= 15 is 0 Å². The van der Waals surface area contributed by atoms with Gasteiger partial charge < -0.3 is 21.2 Å². The molecule has 0 bridgehead atoms. The van der Waals surface area contributed by atoms with E-state index in [4.69, 9.17) is 28.4 Å². The summed E-state index contributed by atoms with van der Waals surface area (Å²) in [6.07, 6.45) is 0.273. The van der Waals surface area contributed by atoms with Gasteiger partial charge in [-0.05, 0) is 17.0 Å². The zero-order chi connectivity index (χ0) is 16.5. The minimum atomic E-state index is -0.883. The fourth-order valence-corrected chi connectivity index (χ4v) is 3.03. The summed E-state index contributed by atoms with van der Waals surface area (Å²) in [7, 11) is 0. The standard InChI is InChI=1S/C16H21N3O2S/c1-16(2,3)12(13(14(17)22)21-15(18)20)10-8-19-11-7-5-4-6-9(10)11/h4-8,12-13,19H,1-3H3,(H2,17,22)(H2,18,20). The van der Waals surface area contributed by atoms with Crippen molar-refractivity contribution in [2.45, 2.75) is 32.8 Å². The van der Waals surface area contributed by atoms with Crippen LogP contribution in [0.2, 0.25) is 0 Å². The van der Waals surface area contributed by atoms with E-state index in [0.29, 0.717) is 0 Å². The fourth-order valence-electron chi connectivity index (χ4n) is 2.85. The third-order valence-electron chi connectivity index (χ3n) is 3.72. The number of ether oxygens (including phenoxy) is 1. The second-order valence-corrected chi connectivity index (χ2v) is 6.86. The predicted octanol–water partition coefficient (Wildman–Crippen LogP) is 3.05. The molecule has 1 aromatic carbocycles. The smallest absolute Gasteiger partial charge is 0.405 e. The highest BCUT2D eigenvalue weighted by molar-refractivity contribution is 7.80. The Kier molecular flexibility index (Phi) is 4.42. The van der Waals surface area contributed by atoms with Crippen LogP contribution < -0.4 is 11.5 Å². The lowest BCUT2D eigenvalue weighted by atomic mass is 9.73. The third-order valence-corrected chi connectivity index (χ3v) is 3.95. The number of primary amides is 1. The molecule has 2 aromatic rings. The van der Waals surface area contributed by atoms with Crippen molar-refractivity contribution in [2.24, 2.45) is 16.9 Å². The Labute approximate surface area is 135 Å². The van der Waals surface area contributed by atoms with E-state index in [-0.39, 0.29) is 16.3 Å². The molecule has 0 aliphatic rings. The maximum Gasteiger partial charge on any atom is 0.405 e. The summed E-state index contributed by atoms with van der Waals surface area (Å²) >= 11 is 5.11. The normalized spacial score (nSPS) is 14.5. The topological polar surface area (TPSA) is 94.1 Å². The molecular weight excluding hydrogens is 298 g/mol. The highest BCUT2D eigenvalue weighted by Crippen LogP contribution is 2.42. The number of hydrogen-bond donors (Lipinski definition) is 3. The van der Waals surface area contributed by atoms with Crippen LogP contribution in [0, 0.1) is 5.41 Å². The lowest BCUT2D eigenvalue weighted by Crippen LogP contribution is -2.43. The minimum absolute atomic E-state index is 0.115. The number of nitrogens with two attached hydrogens (primary N) is 2. The maximum atomic E-state index is 11.3. The number of para-hydroxylation sites is 1. The van der Waals surface area contributed by atoms with Crippen molar-refractivity contribution < 1.29 is 9.53 Å². The van der Waals surface area contributed by atoms with Crippen molar-refractivity contribution in [3.63, 3.8) is 0 Å². The summed E-state index contributed by atoms with van der Waals surface area (Å²) < 4.78 is 5.23. The molecule has 5 nitrogen and oxygen atoms in total. The van der Waals surface area contributed by atoms with Gasteiger partial charge in [0.25, 0.3) is 0 Å². The number of nitrogens with one attached hydrogen (secondary N) is 1. The molecule has 1 aromatic heterocycles. The van der Waals surface area contributed by atoms with Crippen molar-refractivity contribution in [3.05, 3.63) is 36.0 Å². The highest BCUT2D eigenvalue weighted by Gasteiger charge is 2.39. The van der Waals surface area contributed by atoms with Crippen molar-refractivity contribution in [2.75, 3.05) is 0 Å². The van der Waals surface area contributed by atoms with Gasteiger partial charge >= 0.3 is 6.09 Å². The zero-order valence-electron chi connectivity index (χ0n) is 12.9. The van der Waals surface area contributed by atoms with E-state index in [1.54, 1.807) is 0 Å². The largest absolute Gasteiger partial charge is 0.438 e. The second kappa shape index (κ2) is 5.96. The van der Waals surface area contributed by atoms with Gasteiger partial charge in [-0.25, -0.2) is 4.79 Å². The molecule has 1 amide bonds. The number of H-pyrrole nitrogens is 1. The minimum Gasteiger partial charge on any atom is -0.438 e. The summed E-state index contributed by atoms with van der Waals surface area (Å²) in [6.45, 7) is 6.15. The van der Waals surface area contributed by atoms with Crippen LogP contribution in [0.15, 0.2) is 30.5 Å². The van der Waals surface area contributed by atoms with Gasteiger partial charge in [0.15, 0.2) is 6.10 Å². The first kappa shape index (κ1) is 16.3. The lowest BCUT2D eigenvalue weighted by molar-refractivity contribution is 0.0972. The molecule has 0 fully saturated rings. The number of hydrogen-bond acceptors (Lipinski definition) is 3. The molecule has 0 saturated heterocycles. The first-order valence-corrected chi connectivity index (χ1v) is 7.44. The van der Waals surface area contributed by atoms with E-state index in [1.807, 2.05) is 30.5 Å². The molecule has 0 saturated carbocycles. The zero-order valence-corrected chi connectivity index (χ0v) is 13.7. The number of aromatic amines is 1. The van der Waals surface area contributed by atoms with Gasteiger partial charge in [0.2, 0.25) is 0 Å². The average Bonchev–Trinajstić information content (AvgIpc) is 2.80. The Bertz CT molecular complexity index is 703. The maximum absolute atomic E-state index is 11.3. The van der Waals surface area contributed by atoms with E-state index < -0.39 is 12.2 Å². The average molecular weight is 319 g/mol. The SMILES string of the molecule is CC(C)(C)C(c1c[nH]c2ccccc12)C(OC(N)=O)C(N)=S. The highest BCUT2D eigenvalue weighted by atomic mass is 32.1. The quantitative estimate of drug-likeness (QED) is 0.755. The molecule has 6 heteroatoms. The molecule has 2 rings (SSSR count). The lowest BCUT2D eigenvalue weighted by Gasteiger charge is -2.35. The van der Waals surface area contributed by atoms with Gasteiger partial charge in [0, 0.05) is 23.0 Å². The Balaban J connectivity index is 2.59. The summed E-state index contributed by atoms with van der Waals surface area (Å²) in [5, 5.41) is 1.05. The summed E-state index contributed by atoms with van der Waals surface area (Å²) in [5.74, 6) is -0.214. The monoisotopic (exact) mass is 319 g/mol. The molecule has 5 N–H and O–H groups in total. The van der Waals surface area contributed by atoms with Crippen LogP contribution in [-0.2, 0) is 4.74 Å². The van der Waals surface area contributed by atoms with Crippen LogP contribution in [0.5, 0.6) is 0 Å². The van der Waals surface area contributed by atoms with Crippen LogP contribution in [-0.4, -0.2) is 22.2 Å². The predicted molar refractivity (Wildman–Crippen MR) is 91.7 cm³/mol. The molecule has 22 heavy (non-hydrogen) atoms. The molecule has 0 spiro atoms. The number of fused-ring (bicyclic) bond motifs is 1. The van der Waals surface area contributed by atoms with Crippen LogP contribution in [0.1, 0.15) is 32.3 Å². The van der Waals surface area contributed by atoms with Crippen molar-refractivity contribution in [1.82, 2.24) is 4.98 Å². The van der Waals surface area contributed by atoms with Crippen molar-refractivity contribution in [3.8, 4) is 0 Å². The van der Waals surface area contributed by atoms with Gasteiger partial charge in [0.05, 0.1) is 0 Å². The number of carbonyl (C=O) groups is 1. The molecule has 2 atom stereocenters. The molecular formula is C16H21N3O2S. The number of carbonyl (C=O) groups excluding carboxylic acids is 1. The fraction of sp³-hybridized carbons (Fsp3) is 0.375. The molecule has 0 radical (unpaired) electrons. The van der Waals surface area contributed by atoms with Gasteiger partial charge in [-0.15, -0.1) is 0 Å². The second-order valence-electron chi connectivity index (χ2n) is 6.39. The first-order valence-electron chi connectivity index (χ1n) is 7.03. The molecule has 2 unspecified atom stereocenters. The molecule has 0 aliphatic carbocycles. The van der Waals surface area contributed by atoms with E-state index in [0.717, 1.165) is 16.5 Å². The van der Waals surface area contributed by atoms with Gasteiger partial charge in [-0.3, -0.25) is 0 Å². The molecule has 0 aliphatic heterocycles. The Morgan fingerprint density at radius 1 is 1.27 bits per heavy atom. The Hall–Kier alpha value is -2.08. The number of amides is 1. The number of rotatable bonds is 4. The van der Waals surface area contributed by atoms with Crippen LogP contribution in [0.4, 0.5) is 4.79 Å². The number of benzene rings is 1. The summed E-state index contributed by atoms with van der Waals surface area (Å²) in [4.78, 5) is 14.6. The van der Waals surface area contributed by atoms with Crippen LogP contribution in [0.3, 0.4) is 0 Å². The Morgan fingerprint density at radius 3 is 2.45 bits per heavy atom. The number of thiocarbonyl (C=S) groups is 1.